The first-order valence-electron chi connectivity index (χ1n) is 5.02. The van der Waals surface area contributed by atoms with Crippen molar-refractivity contribution in [2.24, 2.45) is 0 Å². The van der Waals surface area contributed by atoms with Crippen molar-refractivity contribution in [3.8, 4) is 5.75 Å². The Morgan fingerprint density at radius 1 is 1.11 bits per heavy atom. The van der Waals surface area contributed by atoms with Crippen LogP contribution in [0.2, 0.25) is 0 Å². The van der Waals surface area contributed by atoms with Crippen LogP contribution >= 0.6 is 0 Å². The molecule has 0 spiro atoms. The van der Waals surface area contributed by atoms with E-state index in [-0.39, 0.29) is 5.75 Å². The first-order valence-corrected chi connectivity index (χ1v) is 9.06. The van der Waals surface area contributed by atoms with E-state index in [1.807, 2.05) is 0 Å². The van der Waals surface area contributed by atoms with Crippen LogP contribution in [-0.2, 0) is 18.2 Å². The molecule has 18 heavy (non-hydrogen) atoms. The fourth-order valence-electron chi connectivity index (χ4n) is 1.41. The van der Waals surface area contributed by atoms with Crippen molar-refractivity contribution in [2.75, 3.05) is 12.5 Å². The van der Waals surface area contributed by atoms with Gasteiger partial charge in [0.25, 0.3) is 0 Å². The molecule has 1 rings (SSSR count). The lowest BCUT2D eigenvalue weighted by Gasteiger charge is -2.18. The highest BCUT2D eigenvalue weighted by Crippen LogP contribution is 2.30. The summed E-state index contributed by atoms with van der Waals surface area (Å²) in [4.78, 5) is 0. The summed E-state index contributed by atoms with van der Waals surface area (Å²) in [6.45, 7) is 3.49. The number of aryl methyl sites for hydroxylation is 2. The Morgan fingerprint density at radius 2 is 1.56 bits per heavy atom. The van der Waals surface area contributed by atoms with Gasteiger partial charge >= 0.3 is 5.51 Å². The molecular weight excluding hydrogens is 285 g/mol. The van der Waals surface area contributed by atoms with Crippen LogP contribution in [0.25, 0.3) is 0 Å². The van der Waals surface area contributed by atoms with Gasteiger partial charge in [-0.05, 0) is 49.6 Å². The maximum Gasteiger partial charge on any atom is 0.502 e. The van der Waals surface area contributed by atoms with Gasteiger partial charge in [0.2, 0.25) is 8.77 Å². The minimum atomic E-state index is -4.86. The van der Waals surface area contributed by atoms with E-state index >= 15 is 0 Å². The van der Waals surface area contributed by atoms with Crippen molar-refractivity contribution in [1.82, 2.24) is 0 Å². The standard InChI is InChI=1S/C11H15F3O2S2/c1-8-5-9(2)7-10(6-8)16-18(15,17(3)4)11(12,13)14/h5-7H,1-4H3. The van der Waals surface area contributed by atoms with E-state index in [0.29, 0.717) is 0 Å². The second-order valence-electron chi connectivity index (χ2n) is 4.05. The molecule has 0 heterocycles. The lowest BCUT2D eigenvalue weighted by atomic mass is 10.1. The summed E-state index contributed by atoms with van der Waals surface area (Å²) in [6, 6.07) is 4.70. The Labute approximate surface area is 107 Å². The van der Waals surface area contributed by atoms with E-state index in [4.69, 9.17) is 4.18 Å². The summed E-state index contributed by atoms with van der Waals surface area (Å²) in [7, 11) is -5.80. The molecule has 1 unspecified atom stereocenters. The predicted molar refractivity (Wildman–Crippen MR) is 70.0 cm³/mol. The summed E-state index contributed by atoms with van der Waals surface area (Å²) in [5, 5.41) is 0. The number of hydrogen-bond acceptors (Lipinski definition) is 2. The molecule has 104 valence electrons. The van der Waals surface area contributed by atoms with E-state index in [0.717, 1.165) is 11.1 Å². The van der Waals surface area contributed by atoms with Gasteiger partial charge in [0, 0.05) is 0 Å². The molecule has 1 aromatic carbocycles. The molecule has 0 aliphatic rings. The normalized spacial score (nSPS) is 15.6. The number of hydrogen-bond donors (Lipinski definition) is 0. The Kier molecular flexibility index (Phi) is 4.38. The van der Waals surface area contributed by atoms with Crippen molar-refractivity contribution in [1.29, 1.82) is 0 Å². The van der Waals surface area contributed by atoms with Crippen LogP contribution in [0.5, 0.6) is 5.75 Å². The molecule has 0 N–H and O–H groups in total. The maximum atomic E-state index is 12.8. The SMILES string of the molecule is Cc1cc(C)cc(OS(=O)(=S(C)C)C(F)(F)F)c1. The Bertz CT molecular complexity index is 546. The van der Waals surface area contributed by atoms with Gasteiger partial charge < -0.3 is 4.18 Å². The predicted octanol–water partition coefficient (Wildman–Crippen LogP) is 3.19. The quantitative estimate of drug-likeness (QED) is 0.838. The summed E-state index contributed by atoms with van der Waals surface area (Å²) in [6.07, 6.45) is 2.52. The topological polar surface area (TPSA) is 26.3 Å². The van der Waals surface area contributed by atoms with Crippen molar-refractivity contribution in [3.63, 3.8) is 0 Å². The Balaban J connectivity index is 3.31. The minimum absolute atomic E-state index is 0.00368. The van der Waals surface area contributed by atoms with Crippen LogP contribution in [0.15, 0.2) is 18.2 Å². The Morgan fingerprint density at radius 3 is 1.89 bits per heavy atom. The maximum absolute atomic E-state index is 12.8. The third-order valence-corrected chi connectivity index (χ3v) is 7.38. The van der Waals surface area contributed by atoms with Gasteiger partial charge in [-0.2, -0.15) is 13.2 Å². The van der Waals surface area contributed by atoms with Crippen molar-refractivity contribution in [3.05, 3.63) is 29.3 Å². The van der Waals surface area contributed by atoms with Crippen molar-refractivity contribution in [2.45, 2.75) is 19.4 Å². The van der Waals surface area contributed by atoms with Crippen LogP contribution in [0.1, 0.15) is 11.1 Å². The molecule has 1 atom stereocenters. The van der Waals surface area contributed by atoms with Crippen LogP contribution < -0.4 is 4.18 Å². The molecule has 0 aromatic heterocycles. The summed E-state index contributed by atoms with van der Waals surface area (Å²) in [5.41, 5.74) is -3.33. The van der Waals surface area contributed by atoms with E-state index in [1.54, 1.807) is 19.9 Å². The van der Waals surface area contributed by atoms with Gasteiger partial charge in [0.05, 0.1) is 0 Å². The molecule has 7 heteroatoms. The number of benzene rings is 1. The molecular formula is C11H15F3O2S2. The fourth-order valence-corrected chi connectivity index (χ4v) is 4.15. The summed E-state index contributed by atoms with van der Waals surface area (Å²) >= 11 is 0. The van der Waals surface area contributed by atoms with Gasteiger partial charge in [0.15, 0.2) is 0 Å². The lowest BCUT2D eigenvalue weighted by molar-refractivity contribution is -0.0444. The van der Waals surface area contributed by atoms with Gasteiger partial charge in [-0.15, -0.1) is 0 Å². The van der Waals surface area contributed by atoms with Gasteiger partial charge in [-0.1, -0.05) is 15.5 Å². The van der Waals surface area contributed by atoms with E-state index in [1.165, 1.54) is 24.6 Å². The second kappa shape index (κ2) is 5.13. The molecule has 0 amide bonds. The highest BCUT2D eigenvalue weighted by atomic mass is 32.9. The molecule has 0 aliphatic carbocycles. The van der Waals surface area contributed by atoms with E-state index in [9.17, 15) is 17.4 Å². The average molecular weight is 300 g/mol. The zero-order chi connectivity index (χ0) is 14.1. The first kappa shape index (κ1) is 15.4. The highest BCUT2D eigenvalue weighted by molar-refractivity contribution is 8.45. The third kappa shape index (κ3) is 3.20. The van der Waals surface area contributed by atoms with E-state index < -0.39 is 23.7 Å². The van der Waals surface area contributed by atoms with Crippen LogP contribution in [0.4, 0.5) is 13.2 Å². The smallest absolute Gasteiger partial charge is 0.398 e. The second-order valence-corrected chi connectivity index (χ2v) is 10.4. The molecule has 0 saturated carbocycles. The van der Waals surface area contributed by atoms with Crippen molar-refractivity contribution >= 4 is 18.2 Å². The zero-order valence-corrected chi connectivity index (χ0v) is 12.1. The number of halogens is 3. The van der Waals surface area contributed by atoms with Crippen LogP contribution in [-0.4, -0.2) is 22.2 Å². The van der Waals surface area contributed by atoms with Crippen molar-refractivity contribution < 1.29 is 21.6 Å². The van der Waals surface area contributed by atoms with Gasteiger partial charge in [0.1, 0.15) is 5.75 Å². The fraction of sp³-hybridized carbons (Fsp3) is 0.455. The monoisotopic (exact) mass is 300 g/mol. The summed E-state index contributed by atoms with van der Waals surface area (Å²) < 4.78 is 55.3. The molecule has 0 fully saturated rings. The first-order chi connectivity index (χ1) is 8.06. The molecule has 0 bridgehead atoms. The summed E-state index contributed by atoms with van der Waals surface area (Å²) in [5.74, 6) is -0.00368. The molecule has 0 saturated heterocycles. The average Bonchev–Trinajstić information content (AvgIpc) is 2.13. The largest absolute Gasteiger partial charge is 0.502 e. The van der Waals surface area contributed by atoms with Gasteiger partial charge in [-0.3, -0.25) is 0 Å². The Hall–Kier alpha value is -0.690. The highest BCUT2D eigenvalue weighted by Gasteiger charge is 2.45. The van der Waals surface area contributed by atoms with E-state index in [2.05, 4.69) is 0 Å². The van der Waals surface area contributed by atoms with Gasteiger partial charge in [-0.25, -0.2) is 4.21 Å². The molecule has 0 radical (unpaired) electrons. The number of alkyl halides is 3. The molecule has 0 aliphatic heterocycles. The number of rotatable bonds is 2. The van der Waals surface area contributed by atoms with Crippen LogP contribution in [0, 0.1) is 13.8 Å². The molecule has 2 nitrogen and oxygen atoms in total. The van der Waals surface area contributed by atoms with Crippen LogP contribution in [0.3, 0.4) is 0 Å². The molecule has 1 aromatic rings. The lowest BCUT2D eigenvalue weighted by Crippen LogP contribution is -2.31. The zero-order valence-electron chi connectivity index (χ0n) is 10.5. The minimum Gasteiger partial charge on any atom is -0.398 e. The third-order valence-electron chi connectivity index (χ3n) is 2.12.